The molecule has 1 saturated heterocycles. The van der Waals surface area contributed by atoms with Crippen LogP contribution in [0, 0.1) is 47.0 Å². The molecule has 1 aromatic carbocycles. The van der Waals surface area contributed by atoms with Crippen molar-refractivity contribution < 1.29 is 55.6 Å². The molecule has 4 rings (SSSR count). The topological polar surface area (TPSA) is 225 Å². The fraction of sp³-hybridized carbons (Fsp3) is 0.486. The number of hydrazine groups is 1. The number of carbonyl (C=O) groups excluding carboxylic acids is 4. The van der Waals surface area contributed by atoms with Crippen molar-refractivity contribution in [3.8, 4) is 12.3 Å². The van der Waals surface area contributed by atoms with Crippen LogP contribution < -0.4 is 10.6 Å². The highest BCUT2D eigenvalue weighted by atomic mass is 32.2. The number of aryl methyl sites for hydroxylation is 5. The van der Waals surface area contributed by atoms with Crippen molar-refractivity contribution in [2.24, 2.45) is 0 Å². The SMILES string of the molecule is C#CCN(C[C@H]1[C@H](OC(=O)Nc2c(C)noc2C)[C@H](OC(=O)Nc2c(C)noc2C)CN(C(=O)OC(C)C)N1C(=O)OC(C)C)S(=O)(=O)c1ccc(C)cc1. The van der Waals surface area contributed by atoms with Crippen LogP contribution >= 0.6 is 0 Å². The molecular formula is C35H45N7O12S. The molecule has 1 fully saturated rings. The Morgan fingerprint density at radius 2 is 1.38 bits per heavy atom. The zero-order valence-corrected chi connectivity index (χ0v) is 32.8. The monoisotopic (exact) mass is 787 g/mol. The molecule has 0 radical (unpaired) electrons. The molecule has 1 aliphatic heterocycles. The van der Waals surface area contributed by atoms with Gasteiger partial charge >= 0.3 is 24.4 Å². The van der Waals surface area contributed by atoms with Crippen LogP contribution in [0.25, 0.3) is 0 Å². The Bertz CT molecular complexity index is 1980. The van der Waals surface area contributed by atoms with Crippen molar-refractivity contribution in [2.45, 2.75) is 97.7 Å². The number of aromatic nitrogens is 2. The number of terminal acetylenes is 1. The molecule has 0 unspecified atom stereocenters. The lowest BCUT2D eigenvalue weighted by Gasteiger charge is -2.49. The second-order valence-electron chi connectivity index (χ2n) is 13.1. The van der Waals surface area contributed by atoms with Crippen LogP contribution in [0.5, 0.6) is 0 Å². The maximum atomic E-state index is 14.2. The first-order chi connectivity index (χ1) is 25.8. The Morgan fingerprint density at radius 3 is 1.85 bits per heavy atom. The number of carbonyl (C=O) groups is 4. The quantitative estimate of drug-likeness (QED) is 0.192. The number of amides is 4. The highest BCUT2D eigenvalue weighted by Gasteiger charge is 2.53. The Hall–Kier alpha value is -5.81. The predicted octanol–water partition coefficient (Wildman–Crippen LogP) is 5.05. The number of anilines is 2. The fourth-order valence-electron chi connectivity index (χ4n) is 5.55. The van der Waals surface area contributed by atoms with Crippen molar-refractivity contribution in [2.75, 3.05) is 30.3 Å². The highest BCUT2D eigenvalue weighted by molar-refractivity contribution is 7.89. The molecule has 3 atom stereocenters. The first-order valence-electron chi connectivity index (χ1n) is 17.1. The summed E-state index contributed by atoms with van der Waals surface area (Å²) in [6.45, 7) is 12.3. The molecular weight excluding hydrogens is 742 g/mol. The van der Waals surface area contributed by atoms with Crippen LogP contribution in [-0.2, 0) is 29.0 Å². The summed E-state index contributed by atoms with van der Waals surface area (Å²) >= 11 is 0. The van der Waals surface area contributed by atoms with E-state index in [1.54, 1.807) is 74.4 Å². The zero-order chi connectivity index (χ0) is 40.8. The Labute approximate surface area is 318 Å². The van der Waals surface area contributed by atoms with Gasteiger partial charge < -0.3 is 28.0 Å². The van der Waals surface area contributed by atoms with Gasteiger partial charge in [-0.1, -0.05) is 33.9 Å². The molecule has 19 nitrogen and oxygen atoms in total. The zero-order valence-electron chi connectivity index (χ0n) is 31.9. The molecule has 4 amide bonds. The fourth-order valence-corrected chi connectivity index (χ4v) is 6.92. The summed E-state index contributed by atoms with van der Waals surface area (Å²) in [4.78, 5) is 54.9. The van der Waals surface area contributed by atoms with Gasteiger partial charge in [0.05, 0.1) is 30.2 Å². The molecule has 0 bridgehead atoms. The first kappa shape index (κ1) is 41.9. The van der Waals surface area contributed by atoms with Crippen molar-refractivity contribution in [1.29, 1.82) is 0 Å². The number of sulfonamides is 1. The molecule has 1 aliphatic rings. The van der Waals surface area contributed by atoms with E-state index in [0.29, 0.717) is 11.4 Å². The maximum absolute atomic E-state index is 14.2. The second kappa shape index (κ2) is 17.6. The number of nitrogens with one attached hydrogen (secondary N) is 2. The van der Waals surface area contributed by atoms with E-state index in [1.165, 1.54) is 12.1 Å². The van der Waals surface area contributed by atoms with Crippen molar-refractivity contribution >= 4 is 45.8 Å². The Morgan fingerprint density at radius 1 is 0.873 bits per heavy atom. The second-order valence-corrected chi connectivity index (χ2v) is 15.1. The van der Waals surface area contributed by atoms with E-state index >= 15 is 0 Å². The predicted molar refractivity (Wildman–Crippen MR) is 194 cm³/mol. The first-order valence-corrected chi connectivity index (χ1v) is 18.6. The average Bonchev–Trinajstić information content (AvgIpc) is 3.58. The number of hydrogen-bond donors (Lipinski definition) is 2. The van der Waals surface area contributed by atoms with Gasteiger partial charge in [-0.05, 0) is 74.4 Å². The van der Waals surface area contributed by atoms with E-state index in [9.17, 15) is 27.6 Å². The average molecular weight is 788 g/mol. The van der Waals surface area contributed by atoms with Crippen LogP contribution in [0.3, 0.4) is 0 Å². The number of nitrogens with zero attached hydrogens (tertiary/aromatic N) is 5. The van der Waals surface area contributed by atoms with Gasteiger partial charge in [0.1, 0.15) is 28.8 Å². The lowest BCUT2D eigenvalue weighted by atomic mass is 10.0. The van der Waals surface area contributed by atoms with Crippen molar-refractivity contribution in [1.82, 2.24) is 24.6 Å². The lowest BCUT2D eigenvalue weighted by molar-refractivity contribution is -0.158. The number of benzene rings is 1. The summed E-state index contributed by atoms with van der Waals surface area (Å²) in [6, 6.07) is 4.26. The summed E-state index contributed by atoms with van der Waals surface area (Å²) in [7, 11) is -4.43. The third kappa shape index (κ3) is 10.0. The number of hydrogen-bond acceptors (Lipinski definition) is 14. The van der Waals surface area contributed by atoms with Crippen LogP contribution in [0.4, 0.5) is 30.6 Å². The van der Waals surface area contributed by atoms with Crippen LogP contribution in [0.1, 0.15) is 56.2 Å². The molecule has 0 aliphatic carbocycles. The molecule has 20 heteroatoms. The van der Waals surface area contributed by atoms with E-state index in [0.717, 1.165) is 19.9 Å². The van der Waals surface area contributed by atoms with Gasteiger partial charge in [0, 0.05) is 6.54 Å². The van der Waals surface area contributed by atoms with Gasteiger partial charge in [-0.25, -0.2) is 37.6 Å². The molecule has 3 heterocycles. The summed E-state index contributed by atoms with van der Waals surface area (Å²) in [6.07, 6.45) is -3.55. The van der Waals surface area contributed by atoms with Gasteiger partial charge in [-0.2, -0.15) is 4.31 Å². The van der Waals surface area contributed by atoms with Gasteiger partial charge in [-0.15, -0.1) is 6.42 Å². The third-order valence-electron chi connectivity index (χ3n) is 8.08. The van der Waals surface area contributed by atoms with Crippen LogP contribution in [0.2, 0.25) is 0 Å². The highest BCUT2D eigenvalue weighted by Crippen LogP contribution is 2.31. The minimum absolute atomic E-state index is 0.142. The summed E-state index contributed by atoms with van der Waals surface area (Å²) < 4.78 is 62.3. The molecule has 2 aromatic heterocycles. The Balaban J connectivity index is 1.90. The standard InChI is InChI=1S/C35H45N7O12S/c1-11-16-40(55(47,48)26-14-12-21(6)13-15-26)17-27-31(52-33(44)37-30-23(8)39-54-25(30)10)28(51-32(43)36-29-22(7)38-53-24(29)9)18-41(34(45)49-19(2)3)42(27)35(46)50-20(4)5/h1,12-15,19-20,27-28,31H,16-18H2,2-10H3,(H,36,43)(H,37,44)/t27-,28+,31-/m0/s1. The van der Waals surface area contributed by atoms with E-state index < -0.39 is 84.5 Å². The molecule has 55 heavy (non-hydrogen) atoms. The van der Waals surface area contributed by atoms with Gasteiger partial charge in [0.15, 0.2) is 23.7 Å². The van der Waals surface area contributed by atoms with Crippen LogP contribution in [-0.4, -0.2) is 108 Å². The lowest BCUT2D eigenvalue weighted by Crippen LogP contribution is -2.71. The molecule has 0 saturated carbocycles. The molecule has 298 valence electrons. The number of ether oxygens (including phenoxy) is 4. The maximum Gasteiger partial charge on any atom is 0.429 e. The van der Waals surface area contributed by atoms with E-state index in [-0.39, 0.29) is 27.8 Å². The summed E-state index contributed by atoms with van der Waals surface area (Å²) in [5, 5.41) is 14.3. The minimum atomic E-state index is -4.43. The van der Waals surface area contributed by atoms with Gasteiger partial charge in [-0.3, -0.25) is 10.6 Å². The van der Waals surface area contributed by atoms with Gasteiger partial charge in [0.25, 0.3) is 0 Å². The molecule has 2 N–H and O–H groups in total. The smallest absolute Gasteiger partial charge is 0.429 e. The molecule has 3 aromatic rings. The third-order valence-corrected chi connectivity index (χ3v) is 9.91. The van der Waals surface area contributed by atoms with Crippen molar-refractivity contribution in [3.05, 3.63) is 52.7 Å². The minimum Gasteiger partial charge on any atom is -0.445 e. The van der Waals surface area contributed by atoms with E-state index in [4.69, 9.17) is 34.4 Å². The van der Waals surface area contributed by atoms with Gasteiger partial charge in [0.2, 0.25) is 10.0 Å². The molecule has 0 spiro atoms. The van der Waals surface area contributed by atoms with E-state index in [2.05, 4.69) is 26.9 Å². The van der Waals surface area contributed by atoms with E-state index in [1.807, 2.05) is 0 Å². The number of rotatable bonds is 11. The summed E-state index contributed by atoms with van der Waals surface area (Å²) in [5.74, 6) is 2.80. The Kier molecular flexibility index (Phi) is 13.4. The van der Waals surface area contributed by atoms with Crippen LogP contribution in [0.15, 0.2) is 38.2 Å². The normalized spacial score (nSPS) is 17.2. The summed E-state index contributed by atoms with van der Waals surface area (Å²) in [5.41, 5.74) is 1.76. The largest absolute Gasteiger partial charge is 0.445 e. The van der Waals surface area contributed by atoms with Crippen molar-refractivity contribution in [3.63, 3.8) is 0 Å².